The molecule has 0 saturated heterocycles. The molecule has 0 amide bonds. The first-order chi connectivity index (χ1) is 9.33. The maximum Gasteiger partial charge on any atom is 0.180 e. The van der Waals surface area contributed by atoms with Crippen LogP contribution in [0.4, 0.5) is 0 Å². The van der Waals surface area contributed by atoms with E-state index in [1.54, 1.807) is 30.3 Å². The smallest absolute Gasteiger partial charge is 0.180 e. The molecule has 0 aliphatic rings. The second kappa shape index (κ2) is 5.18. The second-order valence-corrected chi connectivity index (χ2v) is 8.88. The molecule has 0 aliphatic heterocycles. The fourth-order valence-electron chi connectivity index (χ4n) is 2.09. The monoisotopic (exact) mass is 312 g/mol. The quantitative estimate of drug-likeness (QED) is 0.869. The minimum Gasteiger partial charge on any atom is -0.224 e. The van der Waals surface area contributed by atoms with Gasteiger partial charge in [-0.25, -0.2) is 16.8 Å². The Morgan fingerprint density at radius 3 is 2.00 bits per heavy atom. The van der Waals surface area contributed by atoms with Crippen molar-refractivity contribution in [2.24, 2.45) is 0 Å². The third-order valence-corrected chi connectivity index (χ3v) is 6.97. The highest BCUT2D eigenvalue weighted by Crippen LogP contribution is 2.31. The van der Waals surface area contributed by atoms with Gasteiger partial charge in [0, 0.05) is 5.39 Å². The molecule has 4 nitrogen and oxygen atoms in total. The Kier molecular flexibility index (Phi) is 3.88. The minimum absolute atomic E-state index is 0.0695. The third kappa shape index (κ3) is 2.45. The molecule has 0 spiro atoms. The summed E-state index contributed by atoms with van der Waals surface area (Å²) in [5.41, 5.74) is 0. The summed E-state index contributed by atoms with van der Waals surface area (Å²) in [5, 5.41) is 1.18. The number of benzene rings is 2. The molecule has 0 aromatic heterocycles. The summed E-state index contributed by atoms with van der Waals surface area (Å²) < 4.78 is 49.0. The lowest BCUT2D eigenvalue weighted by Gasteiger charge is -2.12. The summed E-state index contributed by atoms with van der Waals surface area (Å²) >= 11 is 0. The van der Waals surface area contributed by atoms with Crippen LogP contribution in [0.15, 0.2) is 46.2 Å². The van der Waals surface area contributed by atoms with Crippen LogP contribution in [0.1, 0.15) is 13.8 Å². The standard InChI is InChI=1S/C14H16O4S2/c1-3-19(15,16)13-10-9-11-7-5-6-8-12(11)14(13)20(17,18)4-2/h5-10H,3-4H2,1-2H3. The fourth-order valence-corrected chi connectivity index (χ4v) is 5.01. The van der Waals surface area contributed by atoms with Crippen LogP contribution in [-0.4, -0.2) is 28.3 Å². The average Bonchev–Trinajstić information content (AvgIpc) is 2.45. The first-order valence-electron chi connectivity index (χ1n) is 6.30. The van der Waals surface area contributed by atoms with Gasteiger partial charge in [-0.15, -0.1) is 0 Å². The molecule has 0 aliphatic carbocycles. The van der Waals surface area contributed by atoms with Crippen LogP contribution >= 0.6 is 0 Å². The summed E-state index contributed by atoms with van der Waals surface area (Å²) in [6.45, 7) is 3.02. The van der Waals surface area contributed by atoms with Gasteiger partial charge in [-0.05, 0) is 11.5 Å². The molecule has 6 heteroatoms. The molecule has 0 heterocycles. The van der Waals surface area contributed by atoms with Gasteiger partial charge in [0.05, 0.1) is 21.3 Å². The maximum absolute atomic E-state index is 12.3. The first kappa shape index (κ1) is 15.0. The van der Waals surface area contributed by atoms with E-state index in [0.717, 1.165) is 5.39 Å². The van der Waals surface area contributed by atoms with E-state index in [2.05, 4.69) is 0 Å². The number of rotatable bonds is 4. The molecular formula is C14H16O4S2. The van der Waals surface area contributed by atoms with Crippen molar-refractivity contribution in [3.05, 3.63) is 36.4 Å². The molecule has 0 saturated carbocycles. The van der Waals surface area contributed by atoms with Crippen LogP contribution in [0.2, 0.25) is 0 Å². The van der Waals surface area contributed by atoms with Gasteiger partial charge in [0.15, 0.2) is 19.7 Å². The zero-order valence-corrected chi connectivity index (χ0v) is 13.0. The Labute approximate surface area is 119 Å². The second-order valence-electron chi connectivity index (χ2n) is 4.42. The molecule has 0 radical (unpaired) electrons. The van der Waals surface area contributed by atoms with E-state index in [1.807, 2.05) is 0 Å². The highest BCUT2D eigenvalue weighted by molar-refractivity contribution is 7.94. The number of fused-ring (bicyclic) bond motifs is 1. The summed E-state index contributed by atoms with van der Waals surface area (Å²) in [7, 11) is -7.22. The van der Waals surface area contributed by atoms with Gasteiger partial charge in [-0.2, -0.15) is 0 Å². The van der Waals surface area contributed by atoms with Crippen LogP contribution in [0, 0.1) is 0 Å². The van der Waals surface area contributed by atoms with Crippen LogP contribution in [0.5, 0.6) is 0 Å². The Bertz CT molecular complexity index is 850. The van der Waals surface area contributed by atoms with Crippen LogP contribution < -0.4 is 0 Å². The van der Waals surface area contributed by atoms with Gasteiger partial charge in [0.1, 0.15) is 0 Å². The van der Waals surface area contributed by atoms with Crippen molar-refractivity contribution in [2.75, 3.05) is 11.5 Å². The lowest BCUT2D eigenvalue weighted by atomic mass is 10.1. The number of hydrogen-bond donors (Lipinski definition) is 0. The first-order valence-corrected chi connectivity index (χ1v) is 9.61. The van der Waals surface area contributed by atoms with Crippen molar-refractivity contribution in [3.8, 4) is 0 Å². The van der Waals surface area contributed by atoms with Gasteiger partial charge in [0.25, 0.3) is 0 Å². The Balaban J connectivity index is 3.02. The predicted octanol–water partition coefficient (Wildman–Crippen LogP) is 2.43. The van der Waals surface area contributed by atoms with Crippen LogP contribution in [-0.2, 0) is 19.7 Å². The van der Waals surface area contributed by atoms with Crippen LogP contribution in [0.3, 0.4) is 0 Å². The van der Waals surface area contributed by atoms with Crippen LogP contribution in [0.25, 0.3) is 10.8 Å². The summed E-state index contributed by atoms with van der Waals surface area (Å²) in [6.07, 6.45) is 0. The van der Waals surface area contributed by atoms with Gasteiger partial charge in [0.2, 0.25) is 0 Å². The van der Waals surface area contributed by atoms with E-state index in [-0.39, 0.29) is 21.3 Å². The maximum atomic E-state index is 12.3. The van der Waals surface area contributed by atoms with E-state index >= 15 is 0 Å². The molecule has 0 unspecified atom stereocenters. The molecule has 2 rings (SSSR count). The number of sulfone groups is 2. The normalized spacial score (nSPS) is 12.7. The summed E-state index contributed by atoms with van der Waals surface area (Å²) in [4.78, 5) is -0.166. The van der Waals surface area contributed by atoms with Crippen molar-refractivity contribution >= 4 is 30.4 Å². The van der Waals surface area contributed by atoms with Crippen molar-refractivity contribution in [2.45, 2.75) is 23.6 Å². The van der Waals surface area contributed by atoms with Crippen molar-refractivity contribution in [3.63, 3.8) is 0 Å². The zero-order valence-electron chi connectivity index (χ0n) is 11.3. The molecule has 2 aromatic rings. The molecule has 0 atom stereocenters. The minimum atomic E-state index is -3.63. The Morgan fingerprint density at radius 2 is 1.40 bits per heavy atom. The van der Waals surface area contributed by atoms with Crippen molar-refractivity contribution in [1.29, 1.82) is 0 Å². The number of hydrogen-bond acceptors (Lipinski definition) is 4. The molecule has 20 heavy (non-hydrogen) atoms. The van der Waals surface area contributed by atoms with E-state index in [9.17, 15) is 16.8 Å². The third-order valence-electron chi connectivity index (χ3n) is 3.25. The predicted molar refractivity (Wildman–Crippen MR) is 79.4 cm³/mol. The SMILES string of the molecule is CCS(=O)(=O)c1ccc2ccccc2c1S(=O)(=O)CC. The molecule has 0 N–H and O–H groups in total. The molecule has 108 valence electrons. The fraction of sp³-hybridized carbons (Fsp3) is 0.286. The Morgan fingerprint density at radius 1 is 0.800 bits per heavy atom. The summed E-state index contributed by atoms with van der Waals surface area (Å²) in [6, 6.07) is 9.95. The van der Waals surface area contributed by atoms with Crippen molar-refractivity contribution < 1.29 is 16.8 Å². The van der Waals surface area contributed by atoms with Gasteiger partial charge in [-0.3, -0.25) is 0 Å². The highest BCUT2D eigenvalue weighted by atomic mass is 32.2. The highest BCUT2D eigenvalue weighted by Gasteiger charge is 2.26. The summed E-state index contributed by atoms with van der Waals surface area (Å²) in [5.74, 6) is -0.259. The largest absolute Gasteiger partial charge is 0.224 e. The lowest BCUT2D eigenvalue weighted by molar-refractivity contribution is 0.585. The molecule has 0 bridgehead atoms. The van der Waals surface area contributed by atoms with Gasteiger partial charge < -0.3 is 0 Å². The molecular weight excluding hydrogens is 296 g/mol. The van der Waals surface area contributed by atoms with Crippen molar-refractivity contribution in [1.82, 2.24) is 0 Å². The van der Waals surface area contributed by atoms with E-state index in [1.165, 1.54) is 19.9 Å². The zero-order chi connectivity index (χ0) is 15.0. The van der Waals surface area contributed by atoms with E-state index < -0.39 is 19.7 Å². The van der Waals surface area contributed by atoms with E-state index in [0.29, 0.717) is 5.39 Å². The van der Waals surface area contributed by atoms with E-state index in [4.69, 9.17) is 0 Å². The average molecular weight is 312 g/mol. The van der Waals surface area contributed by atoms with Gasteiger partial charge >= 0.3 is 0 Å². The lowest BCUT2D eigenvalue weighted by Crippen LogP contribution is -2.13. The van der Waals surface area contributed by atoms with Gasteiger partial charge in [-0.1, -0.05) is 44.2 Å². The Hall–Kier alpha value is -1.40. The topological polar surface area (TPSA) is 68.3 Å². The molecule has 2 aromatic carbocycles. The molecule has 0 fully saturated rings.